The maximum absolute atomic E-state index is 9.14. The van der Waals surface area contributed by atoms with Crippen LogP contribution >= 0.6 is 0 Å². The molecule has 0 unspecified atom stereocenters. The summed E-state index contributed by atoms with van der Waals surface area (Å²) in [4.78, 5) is 0. The van der Waals surface area contributed by atoms with Gasteiger partial charge in [-0.25, -0.2) is 0 Å². The fraction of sp³-hybridized carbons (Fsp3) is 0.769. The SMILES string of the molecule is CCC(CC)(CCO)CNCc1cnn(C)c1. The average Bonchev–Trinajstić information content (AvgIpc) is 2.74. The van der Waals surface area contributed by atoms with Crippen molar-refractivity contribution >= 4 is 0 Å². The highest BCUT2D eigenvalue weighted by molar-refractivity contribution is 5.02. The van der Waals surface area contributed by atoms with E-state index < -0.39 is 0 Å². The van der Waals surface area contributed by atoms with Crippen LogP contribution in [0.2, 0.25) is 0 Å². The minimum Gasteiger partial charge on any atom is -0.396 e. The first-order chi connectivity index (χ1) is 8.15. The molecule has 2 N–H and O–H groups in total. The van der Waals surface area contributed by atoms with Gasteiger partial charge in [-0.05, 0) is 24.7 Å². The summed E-state index contributed by atoms with van der Waals surface area (Å²) in [5, 5.41) is 16.8. The van der Waals surface area contributed by atoms with E-state index in [2.05, 4.69) is 24.3 Å². The number of hydrogen-bond acceptors (Lipinski definition) is 3. The van der Waals surface area contributed by atoms with Gasteiger partial charge in [-0.1, -0.05) is 13.8 Å². The second kappa shape index (κ2) is 6.77. The normalized spacial score (nSPS) is 12.0. The lowest BCUT2D eigenvalue weighted by Gasteiger charge is -2.31. The zero-order chi connectivity index (χ0) is 12.7. The van der Waals surface area contributed by atoms with E-state index in [1.165, 1.54) is 5.56 Å². The molecule has 0 saturated heterocycles. The third-order valence-corrected chi connectivity index (χ3v) is 3.73. The molecule has 0 aliphatic rings. The maximum Gasteiger partial charge on any atom is 0.0534 e. The number of aliphatic hydroxyl groups is 1. The third-order valence-electron chi connectivity index (χ3n) is 3.73. The van der Waals surface area contributed by atoms with E-state index >= 15 is 0 Å². The van der Waals surface area contributed by atoms with Gasteiger partial charge in [0.1, 0.15) is 0 Å². The molecule has 4 nitrogen and oxygen atoms in total. The molecule has 0 fully saturated rings. The number of aromatic nitrogens is 2. The molecule has 0 atom stereocenters. The molecule has 0 radical (unpaired) electrons. The molecule has 98 valence electrons. The molecule has 4 heteroatoms. The molecule has 0 bridgehead atoms. The van der Waals surface area contributed by atoms with E-state index in [0.717, 1.165) is 32.4 Å². The summed E-state index contributed by atoms with van der Waals surface area (Å²) in [6, 6.07) is 0. The van der Waals surface area contributed by atoms with Crippen LogP contribution in [-0.2, 0) is 13.6 Å². The van der Waals surface area contributed by atoms with Gasteiger partial charge in [-0.2, -0.15) is 5.10 Å². The Kier molecular flexibility index (Phi) is 5.65. The second-order valence-electron chi connectivity index (χ2n) is 4.81. The van der Waals surface area contributed by atoms with E-state index in [-0.39, 0.29) is 12.0 Å². The Morgan fingerprint density at radius 3 is 2.59 bits per heavy atom. The van der Waals surface area contributed by atoms with Gasteiger partial charge in [0.05, 0.1) is 6.20 Å². The minimum atomic E-state index is 0.233. The molecular formula is C13H25N3O. The second-order valence-corrected chi connectivity index (χ2v) is 4.81. The van der Waals surface area contributed by atoms with Gasteiger partial charge in [0.15, 0.2) is 0 Å². The monoisotopic (exact) mass is 239 g/mol. The zero-order valence-electron chi connectivity index (χ0n) is 11.2. The smallest absolute Gasteiger partial charge is 0.0534 e. The number of nitrogens with one attached hydrogen (secondary N) is 1. The van der Waals surface area contributed by atoms with Crippen molar-refractivity contribution in [1.82, 2.24) is 15.1 Å². The highest BCUT2D eigenvalue weighted by atomic mass is 16.3. The molecule has 0 aliphatic carbocycles. The quantitative estimate of drug-likeness (QED) is 0.726. The van der Waals surface area contributed by atoms with E-state index in [1.807, 2.05) is 24.1 Å². The number of nitrogens with zero attached hydrogens (tertiary/aromatic N) is 2. The lowest BCUT2D eigenvalue weighted by Crippen LogP contribution is -2.34. The van der Waals surface area contributed by atoms with Crippen molar-refractivity contribution in [3.05, 3.63) is 18.0 Å². The predicted octanol–water partition coefficient (Wildman–Crippen LogP) is 1.70. The molecule has 1 aromatic heterocycles. The lowest BCUT2D eigenvalue weighted by molar-refractivity contribution is 0.163. The summed E-state index contributed by atoms with van der Waals surface area (Å²) in [7, 11) is 1.93. The van der Waals surface area contributed by atoms with E-state index in [4.69, 9.17) is 5.11 Å². The van der Waals surface area contributed by atoms with Crippen molar-refractivity contribution in [3.63, 3.8) is 0 Å². The molecular weight excluding hydrogens is 214 g/mol. The summed E-state index contributed by atoms with van der Waals surface area (Å²) < 4.78 is 1.82. The fourth-order valence-corrected chi connectivity index (χ4v) is 2.21. The Hall–Kier alpha value is -0.870. The first-order valence-electron chi connectivity index (χ1n) is 6.45. The highest BCUT2D eigenvalue weighted by Crippen LogP contribution is 2.29. The van der Waals surface area contributed by atoms with Gasteiger partial charge in [-0.15, -0.1) is 0 Å². The summed E-state index contributed by atoms with van der Waals surface area (Å²) >= 11 is 0. The number of aryl methyl sites for hydroxylation is 1. The van der Waals surface area contributed by atoms with E-state index in [1.54, 1.807) is 0 Å². The van der Waals surface area contributed by atoms with Gasteiger partial charge in [0, 0.05) is 38.5 Å². The van der Waals surface area contributed by atoms with E-state index in [0.29, 0.717) is 0 Å². The highest BCUT2D eigenvalue weighted by Gasteiger charge is 2.24. The molecule has 0 amide bonds. The Bertz CT molecular complexity index is 318. The first kappa shape index (κ1) is 14.2. The van der Waals surface area contributed by atoms with Gasteiger partial charge in [-0.3, -0.25) is 4.68 Å². The predicted molar refractivity (Wildman–Crippen MR) is 69.6 cm³/mol. The van der Waals surface area contributed by atoms with Crippen LogP contribution in [0.4, 0.5) is 0 Å². The van der Waals surface area contributed by atoms with Crippen molar-refractivity contribution in [2.45, 2.75) is 39.7 Å². The third kappa shape index (κ3) is 4.13. The number of aliphatic hydroxyl groups excluding tert-OH is 1. The van der Waals surface area contributed by atoms with Gasteiger partial charge in [0.2, 0.25) is 0 Å². The van der Waals surface area contributed by atoms with Crippen LogP contribution in [0.1, 0.15) is 38.7 Å². The van der Waals surface area contributed by atoms with Gasteiger partial charge >= 0.3 is 0 Å². The largest absolute Gasteiger partial charge is 0.396 e. The average molecular weight is 239 g/mol. The fourth-order valence-electron chi connectivity index (χ4n) is 2.21. The Balaban J connectivity index is 2.41. The van der Waals surface area contributed by atoms with Crippen LogP contribution < -0.4 is 5.32 Å². The maximum atomic E-state index is 9.14. The lowest BCUT2D eigenvalue weighted by atomic mass is 9.79. The van der Waals surface area contributed by atoms with Gasteiger partial charge in [0.25, 0.3) is 0 Å². The molecule has 1 aromatic rings. The molecule has 17 heavy (non-hydrogen) atoms. The molecule has 1 rings (SSSR count). The Labute approximate surface area is 104 Å². The van der Waals surface area contributed by atoms with Crippen molar-refractivity contribution in [1.29, 1.82) is 0 Å². The first-order valence-corrected chi connectivity index (χ1v) is 6.45. The van der Waals surface area contributed by atoms with Crippen LogP contribution in [0.15, 0.2) is 12.4 Å². The summed E-state index contributed by atoms with van der Waals surface area (Å²) in [6.07, 6.45) is 6.99. The topological polar surface area (TPSA) is 50.1 Å². The van der Waals surface area contributed by atoms with Crippen molar-refractivity contribution in [3.8, 4) is 0 Å². The molecule has 1 heterocycles. The number of rotatable bonds is 8. The van der Waals surface area contributed by atoms with Gasteiger partial charge < -0.3 is 10.4 Å². The molecule has 0 aliphatic heterocycles. The van der Waals surface area contributed by atoms with Crippen molar-refractivity contribution < 1.29 is 5.11 Å². The standard InChI is InChI=1S/C13H25N3O/c1-4-13(5-2,6-7-17)11-14-8-12-9-15-16(3)10-12/h9-10,14,17H,4-8,11H2,1-3H3. The van der Waals surface area contributed by atoms with Crippen LogP contribution in [0, 0.1) is 5.41 Å². The van der Waals surface area contributed by atoms with Crippen LogP contribution in [-0.4, -0.2) is 28.0 Å². The summed E-state index contributed by atoms with van der Waals surface area (Å²) in [6.45, 7) is 6.47. The molecule has 0 saturated carbocycles. The van der Waals surface area contributed by atoms with Crippen molar-refractivity contribution in [2.24, 2.45) is 12.5 Å². The Morgan fingerprint density at radius 1 is 1.41 bits per heavy atom. The molecule has 0 spiro atoms. The summed E-state index contributed by atoms with van der Waals surface area (Å²) in [5.41, 5.74) is 1.44. The zero-order valence-corrected chi connectivity index (χ0v) is 11.2. The van der Waals surface area contributed by atoms with Crippen LogP contribution in [0.25, 0.3) is 0 Å². The Morgan fingerprint density at radius 2 is 2.12 bits per heavy atom. The van der Waals surface area contributed by atoms with Crippen LogP contribution in [0.3, 0.4) is 0 Å². The van der Waals surface area contributed by atoms with Crippen LogP contribution in [0.5, 0.6) is 0 Å². The van der Waals surface area contributed by atoms with Crippen molar-refractivity contribution in [2.75, 3.05) is 13.2 Å². The summed E-state index contributed by atoms with van der Waals surface area (Å²) in [5.74, 6) is 0. The number of hydrogen-bond donors (Lipinski definition) is 2. The minimum absolute atomic E-state index is 0.233. The van der Waals surface area contributed by atoms with E-state index in [9.17, 15) is 0 Å². The molecule has 0 aromatic carbocycles.